The van der Waals surface area contributed by atoms with E-state index in [1.165, 1.54) is 0 Å². The van der Waals surface area contributed by atoms with Crippen molar-refractivity contribution in [1.29, 1.82) is 0 Å². The molecule has 0 saturated heterocycles. The predicted molar refractivity (Wildman–Crippen MR) is 121 cm³/mol. The molecule has 0 amide bonds. The summed E-state index contributed by atoms with van der Waals surface area (Å²) in [5, 5.41) is 0. The molecule has 4 aromatic carbocycles. The second kappa shape index (κ2) is 7.48. The molecule has 0 aliphatic carbocycles. The van der Waals surface area contributed by atoms with Crippen LogP contribution in [0.3, 0.4) is 0 Å². The number of nitrogen functional groups attached to an aromatic ring is 4. The number of hydrogen-bond donors (Lipinski definition) is 4. The lowest BCUT2D eigenvalue weighted by molar-refractivity contribution is 0.483. The highest BCUT2D eigenvalue weighted by molar-refractivity contribution is 5.87. The van der Waals surface area contributed by atoms with E-state index in [2.05, 4.69) is 0 Å². The van der Waals surface area contributed by atoms with Gasteiger partial charge in [0.25, 0.3) is 0 Å². The van der Waals surface area contributed by atoms with Crippen molar-refractivity contribution in [3.8, 4) is 33.8 Å². The largest absolute Gasteiger partial charge is 0.457 e. The van der Waals surface area contributed by atoms with E-state index in [0.717, 1.165) is 22.3 Å². The number of ether oxygens (including phenoxy) is 1. The summed E-state index contributed by atoms with van der Waals surface area (Å²) in [5.74, 6) is 1.43. The molecule has 0 unspecified atom stereocenters. The maximum Gasteiger partial charge on any atom is 0.127 e. The lowest BCUT2D eigenvalue weighted by Crippen LogP contribution is -1.96. The van der Waals surface area contributed by atoms with Crippen LogP contribution in [-0.2, 0) is 0 Å². The van der Waals surface area contributed by atoms with Gasteiger partial charge in [0.15, 0.2) is 0 Å². The summed E-state index contributed by atoms with van der Waals surface area (Å²) in [7, 11) is 0. The third-order valence-corrected chi connectivity index (χ3v) is 4.78. The Morgan fingerprint density at radius 2 is 0.724 bits per heavy atom. The summed E-state index contributed by atoms with van der Waals surface area (Å²) in [5.41, 5.74) is 30.4. The van der Waals surface area contributed by atoms with Gasteiger partial charge in [-0.15, -0.1) is 0 Å². The molecule has 5 heteroatoms. The summed E-state index contributed by atoms with van der Waals surface area (Å²) in [6.07, 6.45) is 0. The molecule has 8 N–H and O–H groups in total. The van der Waals surface area contributed by atoms with Crippen LogP contribution in [0.25, 0.3) is 22.3 Å². The monoisotopic (exact) mass is 382 g/mol. The van der Waals surface area contributed by atoms with Crippen molar-refractivity contribution in [2.24, 2.45) is 0 Å². The fourth-order valence-electron chi connectivity index (χ4n) is 3.36. The highest BCUT2D eigenvalue weighted by Gasteiger charge is 2.09. The van der Waals surface area contributed by atoms with Crippen LogP contribution in [0.15, 0.2) is 84.9 Å². The molecule has 0 bridgehead atoms. The van der Waals surface area contributed by atoms with Crippen LogP contribution in [0.1, 0.15) is 0 Å². The average molecular weight is 382 g/mol. The summed E-state index contributed by atoms with van der Waals surface area (Å²) in [6.45, 7) is 0. The van der Waals surface area contributed by atoms with Crippen LogP contribution in [0, 0.1) is 0 Å². The molecule has 0 fully saturated rings. The molecule has 0 aliphatic rings. The Morgan fingerprint density at radius 3 is 1.03 bits per heavy atom. The number of anilines is 4. The van der Waals surface area contributed by atoms with Crippen LogP contribution in [0.2, 0.25) is 0 Å². The molecule has 5 nitrogen and oxygen atoms in total. The van der Waals surface area contributed by atoms with E-state index >= 15 is 0 Å². The summed E-state index contributed by atoms with van der Waals surface area (Å²) >= 11 is 0. The average Bonchev–Trinajstić information content (AvgIpc) is 2.70. The van der Waals surface area contributed by atoms with Crippen molar-refractivity contribution >= 4 is 22.7 Å². The van der Waals surface area contributed by atoms with Crippen molar-refractivity contribution in [1.82, 2.24) is 0 Å². The van der Waals surface area contributed by atoms with E-state index in [0.29, 0.717) is 34.2 Å². The van der Waals surface area contributed by atoms with E-state index in [9.17, 15) is 0 Å². The van der Waals surface area contributed by atoms with Gasteiger partial charge in [-0.3, -0.25) is 0 Å². The van der Waals surface area contributed by atoms with E-state index in [1.54, 1.807) is 0 Å². The molecule has 4 rings (SSSR count). The Bertz CT molecular complexity index is 1020. The van der Waals surface area contributed by atoms with E-state index in [-0.39, 0.29) is 0 Å². The first-order chi connectivity index (χ1) is 14.0. The van der Waals surface area contributed by atoms with Crippen molar-refractivity contribution in [3.63, 3.8) is 0 Å². The molecule has 0 aromatic heterocycles. The third kappa shape index (κ3) is 3.66. The lowest BCUT2D eigenvalue weighted by atomic mass is 10.0. The Morgan fingerprint density at radius 1 is 0.414 bits per heavy atom. The molecule has 29 heavy (non-hydrogen) atoms. The van der Waals surface area contributed by atoms with Crippen LogP contribution >= 0.6 is 0 Å². The maximum absolute atomic E-state index is 6.07. The van der Waals surface area contributed by atoms with Gasteiger partial charge in [0, 0.05) is 33.9 Å². The Balaban J connectivity index is 1.54. The van der Waals surface area contributed by atoms with Crippen LogP contribution in [0.5, 0.6) is 11.5 Å². The summed E-state index contributed by atoms with van der Waals surface area (Å²) in [4.78, 5) is 0. The minimum absolute atomic E-state index is 0.647. The van der Waals surface area contributed by atoms with Gasteiger partial charge < -0.3 is 27.7 Å². The van der Waals surface area contributed by atoms with E-state index < -0.39 is 0 Å². The van der Waals surface area contributed by atoms with Gasteiger partial charge in [0.05, 0.1) is 0 Å². The summed E-state index contributed by atoms with van der Waals surface area (Å²) in [6, 6.07) is 26.4. The molecule has 0 aliphatic heterocycles. The third-order valence-electron chi connectivity index (χ3n) is 4.78. The zero-order chi connectivity index (χ0) is 20.4. The van der Waals surface area contributed by atoms with Crippen molar-refractivity contribution in [2.45, 2.75) is 0 Å². The quantitative estimate of drug-likeness (QED) is 0.365. The molecular formula is C24H22N4O. The molecule has 0 radical (unpaired) electrons. The van der Waals surface area contributed by atoms with Gasteiger partial charge >= 0.3 is 0 Å². The van der Waals surface area contributed by atoms with Gasteiger partial charge in [0.1, 0.15) is 11.5 Å². The van der Waals surface area contributed by atoms with E-state index in [1.807, 2.05) is 84.9 Å². The van der Waals surface area contributed by atoms with Crippen LogP contribution in [0.4, 0.5) is 22.7 Å². The zero-order valence-electron chi connectivity index (χ0n) is 15.8. The van der Waals surface area contributed by atoms with Gasteiger partial charge in [-0.1, -0.05) is 36.4 Å². The highest BCUT2D eigenvalue weighted by atomic mass is 16.5. The SMILES string of the molecule is Nc1cccc(N)c1-c1ccc(Oc2ccc(-c3c(N)cccc3N)cc2)cc1. The molecule has 0 heterocycles. The molecule has 0 spiro atoms. The minimum Gasteiger partial charge on any atom is -0.457 e. The molecule has 144 valence electrons. The number of benzene rings is 4. The first-order valence-corrected chi connectivity index (χ1v) is 9.19. The standard InChI is InChI=1S/C24H22N4O/c25-19-3-1-4-20(26)23(19)15-7-11-17(12-8-15)29-18-13-9-16(10-14-18)24-21(27)5-2-6-22(24)28/h1-14H,25-28H2. The maximum atomic E-state index is 6.07. The van der Waals surface area contributed by atoms with E-state index in [4.69, 9.17) is 27.7 Å². The van der Waals surface area contributed by atoms with Crippen molar-refractivity contribution in [3.05, 3.63) is 84.9 Å². The van der Waals surface area contributed by atoms with Gasteiger partial charge in [-0.25, -0.2) is 0 Å². The first-order valence-electron chi connectivity index (χ1n) is 9.19. The molecule has 0 atom stereocenters. The smallest absolute Gasteiger partial charge is 0.127 e. The zero-order valence-corrected chi connectivity index (χ0v) is 15.8. The normalized spacial score (nSPS) is 10.6. The van der Waals surface area contributed by atoms with Gasteiger partial charge in [0.2, 0.25) is 0 Å². The number of rotatable bonds is 4. The lowest BCUT2D eigenvalue weighted by Gasteiger charge is -2.12. The molecule has 0 saturated carbocycles. The van der Waals surface area contributed by atoms with Crippen LogP contribution < -0.4 is 27.7 Å². The Hall–Kier alpha value is -4.12. The predicted octanol–water partition coefficient (Wildman–Crippen LogP) is 5.14. The molecular weight excluding hydrogens is 360 g/mol. The molecule has 4 aromatic rings. The number of hydrogen-bond acceptors (Lipinski definition) is 5. The van der Waals surface area contributed by atoms with Crippen molar-refractivity contribution < 1.29 is 4.74 Å². The first kappa shape index (κ1) is 18.3. The highest BCUT2D eigenvalue weighted by Crippen LogP contribution is 2.35. The number of nitrogens with two attached hydrogens (primary N) is 4. The Labute approximate surface area is 169 Å². The Kier molecular flexibility index (Phi) is 4.71. The van der Waals surface area contributed by atoms with Crippen LogP contribution in [-0.4, -0.2) is 0 Å². The minimum atomic E-state index is 0.647. The fourth-order valence-corrected chi connectivity index (χ4v) is 3.36. The fraction of sp³-hybridized carbons (Fsp3) is 0. The van der Waals surface area contributed by atoms with Gasteiger partial charge in [-0.2, -0.15) is 0 Å². The second-order valence-electron chi connectivity index (χ2n) is 6.77. The van der Waals surface area contributed by atoms with Gasteiger partial charge in [-0.05, 0) is 59.7 Å². The topological polar surface area (TPSA) is 113 Å². The summed E-state index contributed by atoms with van der Waals surface area (Å²) < 4.78 is 5.96. The van der Waals surface area contributed by atoms with Crippen molar-refractivity contribution in [2.75, 3.05) is 22.9 Å². The second-order valence-corrected chi connectivity index (χ2v) is 6.77.